The van der Waals surface area contributed by atoms with Crippen LogP contribution in [0.1, 0.15) is 6.92 Å². The molecular weight excluding hydrogens is 232 g/mol. The molecule has 96 valence electrons. The quantitative estimate of drug-likeness (QED) is 0.726. The van der Waals surface area contributed by atoms with Crippen molar-refractivity contribution < 1.29 is 4.74 Å². The highest BCUT2D eigenvalue weighted by Crippen LogP contribution is 2.18. The molecule has 2 aromatic rings. The fraction of sp³-hybridized carbons (Fsp3) is 0.500. The van der Waals surface area contributed by atoms with Crippen LogP contribution >= 0.6 is 0 Å². The van der Waals surface area contributed by atoms with Gasteiger partial charge >= 0.3 is 0 Å². The van der Waals surface area contributed by atoms with Crippen LogP contribution in [0.2, 0.25) is 0 Å². The second kappa shape index (κ2) is 4.13. The minimum absolute atomic E-state index is 0.0304. The summed E-state index contributed by atoms with van der Waals surface area (Å²) < 4.78 is 8.83. The third-order valence-electron chi connectivity index (χ3n) is 3.38. The van der Waals surface area contributed by atoms with Crippen molar-refractivity contribution in [3.05, 3.63) is 28.9 Å². The van der Waals surface area contributed by atoms with E-state index in [0.29, 0.717) is 18.7 Å². The molecule has 0 saturated carbocycles. The molecule has 6 nitrogen and oxygen atoms in total. The molecule has 0 aliphatic carbocycles. The van der Waals surface area contributed by atoms with Crippen molar-refractivity contribution in [2.45, 2.75) is 13.0 Å². The zero-order valence-electron chi connectivity index (χ0n) is 10.5. The Morgan fingerprint density at radius 1 is 1.44 bits per heavy atom. The molecule has 0 N–H and O–H groups in total. The maximum atomic E-state index is 12.0. The molecule has 3 heterocycles. The van der Waals surface area contributed by atoms with Gasteiger partial charge in [0, 0.05) is 26.0 Å². The van der Waals surface area contributed by atoms with Crippen molar-refractivity contribution in [1.29, 1.82) is 0 Å². The molecule has 6 heteroatoms. The molecule has 18 heavy (non-hydrogen) atoms. The summed E-state index contributed by atoms with van der Waals surface area (Å²) in [5.74, 6) is 0.818. The van der Waals surface area contributed by atoms with Crippen LogP contribution in [0.15, 0.2) is 23.4 Å². The zero-order chi connectivity index (χ0) is 12.7. The second-order valence-corrected chi connectivity index (χ2v) is 4.64. The lowest BCUT2D eigenvalue weighted by Gasteiger charge is -2.33. The molecule has 0 amide bonds. The highest BCUT2D eigenvalue weighted by atomic mass is 16.5. The van der Waals surface area contributed by atoms with Gasteiger partial charge in [-0.2, -0.15) is 0 Å². The smallest absolute Gasteiger partial charge is 0.276 e. The number of nitrogens with zero attached hydrogens (tertiary/aromatic N) is 4. The molecule has 0 spiro atoms. The van der Waals surface area contributed by atoms with Gasteiger partial charge in [-0.1, -0.05) is 0 Å². The highest BCUT2D eigenvalue weighted by molar-refractivity contribution is 5.52. The largest absolute Gasteiger partial charge is 0.377 e. The van der Waals surface area contributed by atoms with E-state index in [1.165, 1.54) is 0 Å². The average molecular weight is 248 g/mol. The van der Waals surface area contributed by atoms with Crippen LogP contribution in [-0.2, 0) is 11.8 Å². The Kier molecular flexibility index (Phi) is 2.59. The van der Waals surface area contributed by atoms with Gasteiger partial charge in [-0.15, -0.1) is 0 Å². The molecule has 0 bridgehead atoms. The van der Waals surface area contributed by atoms with E-state index in [1.807, 2.05) is 10.6 Å². The first-order valence-corrected chi connectivity index (χ1v) is 6.05. The molecule has 1 aliphatic rings. The number of imidazole rings is 1. The fourth-order valence-corrected chi connectivity index (χ4v) is 2.31. The van der Waals surface area contributed by atoms with Crippen LogP contribution in [0.3, 0.4) is 0 Å². The van der Waals surface area contributed by atoms with E-state index in [0.717, 1.165) is 12.5 Å². The number of ether oxygens (including phenoxy) is 1. The molecule has 1 fully saturated rings. The van der Waals surface area contributed by atoms with E-state index < -0.39 is 0 Å². The molecule has 2 aromatic heterocycles. The van der Waals surface area contributed by atoms with Crippen molar-refractivity contribution in [1.82, 2.24) is 14.0 Å². The van der Waals surface area contributed by atoms with E-state index >= 15 is 0 Å². The summed E-state index contributed by atoms with van der Waals surface area (Å²) in [6.45, 7) is 4.29. The minimum atomic E-state index is -0.0304. The standard InChI is InChI=1S/C12H16N4O2/c1-9-8-18-6-5-15(9)12-13-7-10-11(17)14(2)3-4-16(10)12/h3-4,7,9H,5-6,8H2,1-2H3. The van der Waals surface area contributed by atoms with Crippen molar-refractivity contribution in [2.75, 3.05) is 24.7 Å². The summed E-state index contributed by atoms with van der Waals surface area (Å²) in [6.07, 6.45) is 5.27. The van der Waals surface area contributed by atoms with Crippen LogP contribution in [-0.4, -0.2) is 39.8 Å². The minimum Gasteiger partial charge on any atom is -0.377 e. The van der Waals surface area contributed by atoms with Gasteiger partial charge < -0.3 is 14.2 Å². The summed E-state index contributed by atoms with van der Waals surface area (Å²) in [4.78, 5) is 18.5. The number of fused-ring (bicyclic) bond motifs is 1. The Labute approximate surface area is 104 Å². The van der Waals surface area contributed by atoms with Crippen LogP contribution in [0, 0.1) is 0 Å². The first-order chi connectivity index (χ1) is 8.68. The number of aromatic nitrogens is 3. The predicted octanol–water partition coefficient (Wildman–Crippen LogP) is 0.258. The zero-order valence-corrected chi connectivity index (χ0v) is 10.5. The monoisotopic (exact) mass is 248 g/mol. The molecule has 3 rings (SSSR count). The van der Waals surface area contributed by atoms with Gasteiger partial charge in [0.15, 0.2) is 0 Å². The molecule has 0 aromatic carbocycles. The Balaban J connectivity index is 2.13. The fourth-order valence-electron chi connectivity index (χ4n) is 2.31. The predicted molar refractivity (Wildman–Crippen MR) is 68.1 cm³/mol. The maximum Gasteiger partial charge on any atom is 0.276 e. The Morgan fingerprint density at radius 2 is 2.28 bits per heavy atom. The van der Waals surface area contributed by atoms with Crippen LogP contribution in [0.25, 0.3) is 5.52 Å². The Hall–Kier alpha value is -1.82. The Bertz CT molecular complexity index is 631. The molecular formula is C12H16N4O2. The molecule has 0 radical (unpaired) electrons. The van der Waals surface area contributed by atoms with Crippen molar-refractivity contribution in [2.24, 2.45) is 7.05 Å². The molecule has 1 atom stereocenters. The number of hydrogen-bond donors (Lipinski definition) is 0. The van der Waals surface area contributed by atoms with Gasteiger partial charge in [-0.05, 0) is 6.92 Å². The van der Waals surface area contributed by atoms with Gasteiger partial charge in [-0.3, -0.25) is 9.20 Å². The van der Waals surface area contributed by atoms with Gasteiger partial charge in [0.2, 0.25) is 5.95 Å². The van der Waals surface area contributed by atoms with Gasteiger partial charge in [0.1, 0.15) is 5.52 Å². The summed E-state index contributed by atoms with van der Waals surface area (Å²) in [5, 5.41) is 0. The first-order valence-electron chi connectivity index (χ1n) is 6.05. The maximum absolute atomic E-state index is 12.0. The van der Waals surface area contributed by atoms with E-state index in [4.69, 9.17) is 4.74 Å². The summed E-state index contributed by atoms with van der Waals surface area (Å²) >= 11 is 0. The molecule has 1 aliphatic heterocycles. The number of aryl methyl sites for hydroxylation is 1. The van der Waals surface area contributed by atoms with Crippen molar-refractivity contribution in [3.63, 3.8) is 0 Å². The lowest BCUT2D eigenvalue weighted by molar-refractivity contribution is 0.0980. The number of hydrogen-bond acceptors (Lipinski definition) is 4. The van der Waals surface area contributed by atoms with Crippen LogP contribution in [0.4, 0.5) is 5.95 Å². The SMILES string of the molecule is CC1COCCN1c1ncc2c(=O)n(C)ccn12. The van der Waals surface area contributed by atoms with Crippen LogP contribution < -0.4 is 10.5 Å². The third kappa shape index (κ3) is 1.60. The lowest BCUT2D eigenvalue weighted by Crippen LogP contribution is -2.44. The number of rotatable bonds is 1. The molecule has 1 unspecified atom stereocenters. The molecule has 1 saturated heterocycles. The number of morpholine rings is 1. The van der Waals surface area contributed by atoms with E-state index in [2.05, 4.69) is 16.8 Å². The van der Waals surface area contributed by atoms with Crippen molar-refractivity contribution >= 4 is 11.5 Å². The lowest BCUT2D eigenvalue weighted by atomic mass is 10.3. The summed E-state index contributed by atoms with van der Waals surface area (Å²) in [6, 6.07) is 0.272. The third-order valence-corrected chi connectivity index (χ3v) is 3.38. The van der Waals surface area contributed by atoms with Gasteiger partial charge in [0.05, 0.1) is 25.5 Å². The highest BCUT2D eigenvalue weighted by Gasteiger charge is 2.23. The summed E-state index contributed by atoms with van der Waals surface area (Å²) in [5.41, 5.74) is 0.575. The Morgan fingerprint density at radius 3 is 3.06 bits per heavy atom. The summed E-state index contributed by atoms with van der Waals surface area (Å²) in [7, 11) is 1.74. The van der Waals surface area contributed by atoms with Crippen molar-refractivity contribution in [3.8, 4) is 0 Å². The topological polar surface area (TPSA) is 51.8 Å². The number of anilines is 1. The normalized spacial score (nSPS) is 20.6. The first kappa shape index (κ1) is 11.3. The van der Waals surface area contributed by atoms with Gasteiger partial charge in [-0.25, -0.2) is 4.98 Å². The van der Waals surface area contributed by atoms with E-state index in [-0.39, 0.29) is 11.6 Å². The van der Waals surface area contributed by atoms with Crippen LogP contribution in [0.5, 0.6) is 0 Å². The second-order valence-electron chi connectivity index (χ2n) is 4.64. The van der Waals surface area contributed by atoms with Gasteiger partial charge in [0.25, 0.3) is 5.56 Å². The van der Waals surface area contributed by atoms with E-state index in [9.17, 15) is 4.79 Å². The van der Waals surface area contributed by atoms with E-state index in [1.54, 1.807) is 24.0 Å². The average Bonchev–Trinajstić information content (AvgIpc) is 2.79.